The van der Waals surface area contributed by atoms with Crippen LogP contribution in [0.2, 0.25) is 5.02 Å². The Hall–Kier alpha value is -1.02. The van der Waals surface area contributed by atoms with Gasteiger partial charge in [0.05, 0.1) is 5.02 Å². The molecule has 0 bridgehead atoms. The molecule has 1 rings (SSSR count). The summed E-state index contributed by atoms with van der Waals surface area (Å²) in [5.41, 5.74) is 0. The molecule has 1 atom stereocenters. The van der Waals surface area contributed by atoms with Crippen molar-refractivity contribution in [3.05, 3.63) is 29.3 Å². The fraction of sp³-hybridized carbons (Fsp3) is 0.300. The van der Waals surface area contributed by atoms with Crippen molar-refractivity contribution in [1.29, 1.82) is 0 Å². The van der Waals surface area contributed by atoms with Crippen LogP contribution in [0.1, 0.15) is 13.8 Å². The van der Waals surface area contributed by atoms with Gasteiger partial charge in [0, 0.05) is 0 Å². The smallest absolute Gasteiger partial charge is 0.169 e. The van der Waals surface area contributed by atoms with Crippen LogP contribution in [0.5, 0.6) is 5.75 Å². The molecule has 1 aromatic rings. The molecule has 13 heavy (non-hydrogen) atoms. The fourth-order valence-corrected chi connectivity index (χ4v) is 0.994. The highest BCUT2D eigenvalue weighted by atomic mass is 35.5. The maximum absolute atomic E-state index is 10.9. The van der Waals surface area contributed by atoms with Gasteiger partial charge in [-0.3, -0.25) is 4.79 Å². The average molecular weight is 199 g/mol. The topological polar surface area (TPSA) is 26.3 Å². The van der Waals surface area contributed by atoms with Crippen LogP contribution >= 0.6 is 11.6 Å². The largest absolute Gasteiger partial charge is 0.481 e. The lowest BCUT2D eigenvalue weighted by Crippen LogP contribution is -2.20. The first-order chi connectivity index (χ1) is 6.11. The second kappa shape index (κ2) is 4.28. The molecule has 3 heteroatoms. The standard InChI is InChI=1S/C10H11ClO2/c1-7(12)8(2)13-10-6-4-3-5-9(10)11/h3-6,8H,1-2H3. The molecule has 2 nitrogen and oxygen atoms in total. The van der Waals surface area contributed by atoms with Crippen molar-refractivity contribution in [3.8, 4) is 5.75 Å². The van der Waals surface area contributed by atoms with Gasteiger partial charge in [-0.2, -0.15) is 0 Å². The van der Waals surface area contributed by atoms with Crippen molar-refractivity contribution < 1.29 is 9.53 Å². The Morgan fingerprint density at radius 3 is 2.62 bits per heavy atom. The lowest BCUT2D eigenvalue weighted by atomic mass is 10.3. The molecule has 0 radical (unpaired) electrons. The molecule has 0 heterocycles. The first-order valence-electron chi connectivity index (χ1n) is 4.03. The molecule has 0 aliphatic rings. The molecule has 0 saturated heterocycles. The van der Waals surface area contributed by atoms with Crippen molar-refractivity contribution in [2.45, 2.75) is 20.0 Å². The Labute approximate surface area is 82.5 Å². The van der Waals surface area contributed by atoms with Gasteiger partial charge in [-0.1, -0.05) is 23.7 Å². The van der Waals surface area contributed by atoms with Gasteiger partial charge in [0.15, 0.2) is 11.9 Å². The van der Waals surface area contributed by atoms with Crippen molar-refractivity contribution in [3.63, 3.8) is 0 Å². The van der Waals surface area contributed by atoms with Crippen molar-refractivity contribution >= 4 is 17.4 Å². The molecular weight excluding hydrogens is 188 g/mol. The summed E-state index contributed by atoms with van der Waals surface area (Å²) in [6.45, 7) is 3.19. The highest BCUT2D eigenvalue weighted by molar-refractivity contribution is 6.32. The van der Waals surface area contributed by atoms with Gasteiger partial charge in [-0.05, 0) is 26.0 Å². The molecule has 0 spiro atoms. The first kappa shape index (κ1) is 10.1. The molecule has 0 aliphatic heterocycles. The third-order valence-corrected chi connectivity index (χ3v) is 2.03. The number of rotatable bonds is 3. The van der Waals surface area contributed by atoms with Crippen LogP contribution in [0.15, 0.2) is 24.3 Å². The minimum Gasteiger partial charge on any atom is -0.481 e. The molecular formula is C10H11ClO2. The number of ketones is 1. The Morgan fingerprint density at radius 2 is 2.08 bits per heavy atom. The summed E-state index contributed by atoms with van der Waals surface area (Å²) in [6.07, 6.45) is -0.445. The Morgan fingerprint density at radius 1 is 1.46 bits per heavy atom. The lowest BCUT2D eigenvalue weighted by molar-refractivity contribution is -0.122. The number of benzene rings is 1. The maximum atomic E-state index is 10.9. The van der Waals surface area contributed by atoms with Crippen LogP contribution in [0, 0.1) is 0 Å². The molecule has 70 valence electrons. The summed E-state index contributed by atoms with van der Waals surface area (Å²) in [4.78, 5) is 10.9. The second-order valence-corrected chi connectivity index (χ2v) is 3.21. The van der Waals surface area contributed by atoms with Crippen LogP contribution in [0.25, 0.3) is 0 Å². The third-order valence-electron chi connectivity index (χ3n) is 1.71. The SMILES string of the molecule is CC(=O)C(C)Oc1ccccc1Cl. The lowest BCUT2D eigenvalue weighted by Gasteiger charge is -2.12. The summed E-state index contributed by atoms with van der Waals surface area (Å²) < 4.78 is 5.33. The zero-order valence-electron chi connectivity index (χ0n) is 7.58. The molecule has 0 aliphatic carbocycles. The summed E-state index contributed by atoms with van der Waals surface area (Å²) in [5, 5.41) is 0.524. The number of para-hydroxylation sites is 1. The van der Waals surface area contributed by atoms with E-state index in [0.717, 1.165) is 0 Å². The van der Waals surface area contributed by atoms with Crippen LogP contribution in [0.3, 0.4) is 0 Å². The normalized spacial score (nSPS) is 12.2. The number of ether oxygens (including phenoxy) is 1. The summed E-state index contributed by atoms with van der Waals surface area (Å²) >= 11 is 5.84. The van der Waals surface area contributed by atoms with Crippen LogP contribution in [-0.4, -0.2) is 11.9 Å². The van der Waals surface area contributed by atoms with Gasteiger partial charge in [-0.25, -0.2) is 0 Å². The summed E-state index contributed by atoms with van der Waals surface area (Å²) in [5.74, 6) is 0.534. The van der Waals surface area contributed by atoms with Gasteiger partial charge >= 0.3 is 0 Å². The van der Waals surface area contributed by atoms with E-state index in [0.29, 0.717) is 10.8 Å². The van der Waals surface area contributed by atoms with E-state index in [1.54, 1.807) is 19.1 Å². The predicted octanol–water partition coefficient (Wildman–Crippen LogP) is 2.70. The molecule has 0 amide bonds. The van der Waals surface area contributed by atoms with Crippen LogP contribution in [-0.2, 0) is 4.79 Å². The molecule has 0 saturated carbocycles. The van der Waals surface area contributed by atoms with E-state index < -0.39 is 6.10 Å². The van der Waals surface area contributed by atoms with E-state index in [4.69, 9.17) is 16.3 Å². The maximum Gasteiger partial charge on any atom is 0.169 e. The van der Waals surface area contributed by atoms with E-state index >= 15 is 0 Å². The van der Waals surface area contributed by atoms with Crippen molar-refractivity contribution in [1.82, 2.24) is 0 Å². The number of carbonyl (C=O) groups is 1. The zero-order chi connectivity index (χ0) is 9.84. The molecule has 1 unspecified atom stereocenters. The van der Waals surface area contributed by atoms with Crippen molar-refractivity contribution in [2.75, 3.05) is 0 Å². The van der Waals surface area contributed by atoms with Gasteiger partial charge < -0.3 is 4.74 Å². The Balaban J connectivity index is 2.74. The minimum absolute atomic E-state index is 0.0140. The fourth-order valence-electron chi connectivity index (χ4n) is 0.814. The monoisotopic (exact) mass is 198 g/mol. The number of halogens is 1. The van der Waals surface area contributed by atoms with Gasteiger partial charge in [-0.15, -0.1) is 0 Å². The van der Waals surface area contributed by atoms with E-state index in [9.17, 15) is 4.79 Å². The quantitative estimate of drug-likeness (QED) is 0.747. The first-order valence-corrected chi connectivity index (χ1v) is 4.40. The van der Waals surface area contributed by atoms with E-state index in [1.807, 2.05) is 12.1 Å². The average Bonchev–Trinajstić information content (AvgIpc) is 2.08. The van der Waals surface area contributed by atoms with Crippen LogP contribution in [0.4, 0.5) is 0 Å². The van der Waals surface area contributed by atoms with E-state index in [2.05, 4.69) is 0 Å². The van der Waals surface area contributed by atoms with Crippen molar-refractivity contribution in [2.24, 2.45) is 0 Å². The summed E-state index contributed by atoms with van der Waals surface area (Å²) in [7, 11) is 0. The number of hydrogen-bond acceptors (Lipinski definition) is 2. The third kappa shape index (κ3) is 2.74. The number of Topliss-reactive ketones (excluding diaryl/α,β-unsaturated/α-hetero) is 1. The minimum atomic E-state index is -0.445. The highest BCUT2D eigenvalue weighted by Crippen LogP contribution is 2.24. The molecule has 0 N–H and O–H groups in total. The van der Waals surface area contributed by atoms with E-state index in [-0.39, 0.29) is 5.78 Å². The zero-order valence-corrected chi connectivity index (χ0v) is 8.34. The van der Waals surface area contributed by atoms with Gasteiger partial charge in [0.1, 0.15) is 5.75 Å². The molecule has 1 aromatic carbocycles. The molecule has 0 aromatic heterocycles. The van der Waals surface area contributed by atoms with Gasteiger partial charge in [0.2, 0.25) is 0 Å². The Kier molecular flexibility index (Phi) is 3.32. The second-order valence-electron chi connectivity index (χ2n) is 2.80. The van der Waals surface area contributed by atoms with Crippen LogP contribution < -0.4 is 4.74 Å². The summed E-state index contributed by atoms with van der Waals surface area (Å²) in [6, 6.07) is 7.09. The number of carbonyl (C=O) groups excluding carboxylic acids is 1. The highest BCUT2D eigenvalue weighted by Gasteiger charge is 2.10. The Bertz CT molecular complexity index is 310. The van der Waals surface area contributed by atoms with Gasteiger partial charge in [0.25, 0.3) is 0 Å². The molecule has 0 fully saturated rings. The predicted molar refractivity (Wildman–Crippen MR) is 52.2 cm³/mol. The number of hydrogen-bond donors (Lipinski definition) is 0. The van der Waals surface area contributed by atoms with E-state index in [1.165, 1.54) is 6.92 Å².